The van der Waals surface area contributed by atoms with Gasteiger partial charge in [0.15, 0.2) is 5.04 Å². The van der Waals surface area contributed by atoms with E-state index >= 15 is 0 Å². The molecule has 0 aromatic carbocycles. The van der Waals surface area contributed by atoms with Gasteiger partial charge in [-0.1, -0.05) is 22.1 Å². The molecule has 0 spiro atoms. The van der Waals surface area contributed by atoms with Crippen LogP contribution in [0.5, 0.6) is 0 Å². The Kier molecular flexibility index (Phi) is 7.31. The van der Waals surface area contributed by atoms with Gasteiger partial charge in [-0.3, -0.25) is 4.79 Å². The molecule has 0 saturated carbocycles. The molecule has 1 amide bonds. The number of nitrogens with zero attached hydrogens (tertiary/aromatic N) is 2. The summed E-state index contributed by atoms with van der Waals surface area (Å²) in [5, 5.41) is 33.9. The van der Waals surface area contributed by atoms with Gasteiger partial charge in [0.1, 0.15) is 0 Å². The quantitative estimate of drug-likeness (QED) is 0.234. The van der Waals surface area contributed by atoms with Crippen molar-refractivity contribution in [2.24, 2.45) is 10.3 Å². The van der Waals surface area contributed by atoms with Crippen molar-refractivity contribution in [3.05, 3.63) is 0 Å². The summed E-state index contributed by atoms with van der Waals surface area (Å²) >= 11 is 0.908. The van der Waals surface area contributed by atoms with Crippen molar-refractivity contribution in [2.45, 2.75) is 19.9 Å². The number of amides is 1. The average Bonchev–Trinajstić information content (AvgIpc) is 2.22. The molecule has 0 heterocycles. The molecule has 0 bridgehead atoms. The highest BCUT2D eigenvalue weighted by atomic mass is 32.2. The topological polar surface area (TPSA) is 115 Å². The Morgan fingerprint density at radius 2 is 2.00 bits per heavy atom. The van der Waals surface area contributed by atoms with E-state index < -0.39 is 5.91 Å². The number of carbonyl (C=O) groups excluding carboxylic acids is 1. The van der Waals surface area contributed by atoms with Crippen LogP contribution in [-0.2, 0) is 4.79 Å². The van der Waals surface area contributed by atoms with Crippen LogP contribution >= 0.6 is 11.8 Å². The fraction of sp³-hybridized carbons (Fsp3) is 0.625. The van der Waals surface area contributed by atoms with E-state index in [4.69, 9.17) is 15.5 Å². The Morgan fingerprint density at radius 3 is 2.38 bits per heavy atom. The Bertz CT molecular complexity index is 291. The summed E-state index contributed by atoms with van der Waals surface area (Å²) in [7, 11) is 0. The molecule has 0 fully saturated rings. The lowest BCUT2D eigenvalue weighted by Crippen LogP contribution is -2.39. The number of rotatable bonds is 5. The number of hydrogen-bond acceptors (Lipinski definition) is 7. The molecule has 0 unspecified atom stereocenters. The number of carbonyl (C=O) groups is 1. The smallest absolute Gasteiger partial charge is 0.276 e. The summed E-state index contributed by atoms with van der Waals surface area (Å²) < 4.78 is 0. The van der Waals surface area contributed by atoms with Gasteiger partial charge in [-0.2, -0.15) is 0 Å². The number of nitrogens with one attached hydrogen (secondary N) is 1. The van der Waals surface area contributed by atoms with Gasteiger partial charge in [0, 0.05) is 11.8 Å². The maximum absolute atomic E-state index is 11.5. The van der Waals surface area contributed by atoms with Gasteiger partial charge in [-0.15, -0.1) is 0 Å². The van der Waals surface area contributed by atoms with E-state index in [2.05, 4.69) is 15.6 Å². The molecule has 0 rings (SSSR count). The molecule has 7 nitrogen and oxygen atoms in total. The van der Waals surface area contributed by atoms with E-state index in [1.54, 1.807) is 13.8 Å². The molecular formula is C8H15N3O4S. The Labute approximate surface area is 97.2 Å². The normalized spacial score (nSPS) is 13.0. The molecule has 0 aromatic heterocycles. The Hall–Kier alpha value is -1.28. The summed E-state index contributed by atoms with van der Waals surface area (Å²) in [6.45, 7) is 3.33. The number of thioether (sulfide) groups is 1. The monoisotopic (exact) mass is 249 g/mol. The maximum Gasteiger partial charge on any atom is 0.276 e. The molecule has 0 aliphatic heterocycles. The van der Waals surface area contributed by atoms with E-state index in [-0.39, 0.29) is 29.2 Å². The predicted octanol–water partition coefficient (Wildman–Crippen LogP) is -0.146. The van der Waals surface area contributed by atoms with Gasteiger partial charge >= 0.3 is 0 Å². The first-order chi connectivity index (χ1) is 7.56. The first-order valence-electron chi connectivity index (χ1n) is 4.55. The number of aliphatic hydroxyl groups is 1. The van der Waals surface area contributed by atoms with Crippen LogP contribution in [0.2, 0.25) is 0 Å². The summed E-state index contributed by atoms with van der Waals surface area (Å²) in [5.74, 6) is -0.413. The number of aliphatic hydroxyl groups excluding tert-OH is 1. The van der Waals surface area contributed by atoms with Crippen LogP contribution in [0.1, 0.15) is 13.8 Å². The fourth-order valence-corrected chi connectivity index (χ4v) is 1.42. The van der Waals surface area contributed by atoms with Crippen molar-refractivity contribution in [1.82, 2.24) is 5.32 Å². The van der Waals surface area contributed by atoms with E-state index in [1.165, 1.54) is 0 Å². The largest absolute Gasteiger partial charge is 0.410 e. The van der Waals surface area contributed by atoms with Crippen LogP contribution in [-0.4, -0.2) is 50.6 Å². The van der Waals surface area contributed by atoms with Crippen LogP contribution in [0.15, 0.2) is 10.3 Å². The number of oxime groups is 2. The van der Waals surface area contributed by atoms with Gasteiger partial charge in [0.25, 0.3) is 5.91 Å². The van der Waals surface area contributed by atoms with Gasteiger partial charge in [0.05, 0.1) is 6.61 Å². The first-order valence-corrected chi connectivity index (χ1v) is 5.54. The van der Waals surface area contributed by atoms with Gasteiger partial charge in [-0.05, 0) is 13.8 Å². The number of hydrogen-bond donors (Lipinski definition) is 4. The third-order valence-corrected chi connectivity index (χ3v) is 2.29. The second-order valence-electron chi connectivity index (χ2n) is 3.05. The summed E-state index contributed by atoms with van der Waals surface area (Å²) in [6, 6.07) is -0.132. The zero-order chi connectivity index (χ0) is 12.6. The predicted molar refractivity (Wildman–Crippen MR) is 61.3 cm³/mol. The lowest BCUT2D eigenvalue weighted by Gasteiger charge is -2.09. The standard InChI is InChI=1S/C8H15N3O4S/c1-5(2)9-7(13)6(10-14)8(11-15)16-4-3-12/h5,12,14-15H,3-4H2,1-2H3,(H,9,13). The SMILES string of the molecule is CC(C)NC(=O)C(=NO)C(=NO)SCCO. The van der Waals surface area contributed by atoms with Crippen LogP contribution in [0, 0.1) is 0 Å². The third kappa shape index (κ3) is 4.99. The third-order valence-electron chi connectivity index (χ3n) is 1.36. The van der Waals surface area contributed by atoms with E-state index in [9.17, 15) is 4.79 Å². The van der Waals surface area contributed by atoms with Crippen molar-refractivity contribution in [1.29, 1.82) is 0 Å². The molecular weight excluding hydrogens is 234 g/mol. The second kappa shape index (κ2) is 7.94. The first kappa shape index (κ1) is 14.7. The zero-order valence-electron chi connectivity index (χ0n) is 9.04. The lowest BCUT2D eigenvalue weighted by atomic mass is 10.3. The molecule has 0 saturated heterocycles. The van der Waals surface area contributed by atoms with Crippen LogP contribution < -0.4 is 5.32 Å². The molecule has 0 aliphatic carbocycles. The summed E-state index contributed by atoms with van der Waals surface area (Å²) in [6.07, 6.45) is 0. The minimum atomic E-state index is -0.643. The van der Waals surface area contributed by atoms with Crippen molar-refractivity contribution in [2.75, 3.05) is 12.4 Å². The minimum absolute atomic E-state index is 0.132. The van der Waals surface area contributed by atoms with E-state index in [0.29, 0.717) is 0 Å². The average molecular weight is 249 g/mol. The Balaban J connectivity index is 4.64. The maximum atomic E-state index is 11.5. The molecule has 0 radical (unpaired) electrons. The van der Waals surface area contributed by atoms with Gasteiger partial charge in [0.2, 0.25) is 5.71 Å². The van der Waals surface area contributed by atoms with Crippen molar-refractivity contribution in [3.8, 4) is 0 Å². The zero-order valence-corrected chi connectivity index (χ0v) is 9.86. The van der Waals surface area contributed by atoms with E-state index in [0.717, 1.165) is 11.8 Å². The fourth-order valence-electron chi connectivity index (χ4n) is 0.803. The molecule has 4 N–H and O–H groups in total. The highest BCUT2D eigenvalue weighted by molar-refractivity contribution is 8.16. The Morgan fingerprint density at radius 1 is 1.38 bits per heavy atom. The molecule has 8 heteroatoms. The second-order valence-corrected chi connectivity index (χ2v) is 4.14. The van der Waals surface area contributed by atoms with Crippen molar-refractivity contribution >= 4 is 28.4 Å². The summed E-state index contributed by atoms with van der Waals surface area (Å²) in [5.41, 5.74) is -0.380. The molecule has 0 aliphatic rings. The summed E-state index contributed by atoms with van der Waals surface area (Å²) in [4.78, 5) is 11.5. The van der Waals surface area contributed by atoms with Gasteiger partial charge in [-0.25, -0.2) is 0 Å². The highest BCUT2D eigenvalue weighted by Crippen LogP contribution is 2.05. The van der Waals surface area contributed by atoms with Crippen molar-refractivity contribution < 1.29 is 20.3 Å². The lowest BCUT2D eigenvalue weighted by molar-refractivity contribution is -0.115. The van der Waals surface area contributed by atoms with Crippen molar-refractivity contribution in [3.63, 3.8) is 0 Å². The minimum Gasteiger partial charge on any atom is -0.410 e. The molecule has 92 valence electrons. The van der Waals surface area contributed by atoms with Crippen LogP contribution in [0.4, 0.5) is 0 Å². The van der Waals surface area contributed by atoms with Crippen LogP contribution in [0.3, 0.4) is 0 Å². The molecule has 0 aromatic rings. The molecule has 0 atom stereocenters. The highest BCUT2D eigenvalue weighted by Gasteiger charge is 2.20. The van der Waals surface area contributed by atoms with Gasteiger partial charge < -0.3 is 20.8 Å². The molecule has 16 heavy (non-hydrogen) atoms. The van der Waals surface area contributed by atoms with E-state index in [1.807, 2.05) is 0 Å². The van der Waals surface area contributed by atoms with Crippen LogP contribution in [0.25, 0.3) is 0 Å².